The molecule has 1 nitrogen and oxygen atoms in total. The molecular formula is C6H16N+. The highest BCUT2D eigenvalue weighted by atomic mass is 14.6. The molecule has 0 bridgehead atoms. The maximum absolute atomic E-state index is 3.88. The summed E-state index contributed by atoms with van der Waals surface area (Å²) in [5.74, 6) is 0. The van der Waals surface area contributed by atoms with Gasteiger partial charge in [0.05, 0.1) is 6.04 Å². The highest BCUT2D eigenvalue weighted by molar-refractivity contribution is 4.42. The van der Waals surface area contributed by atoms with Gasteiger partial charge in [0.15, 0.2) is 0 Å². The van der Waals surface area contributed by atoms with Crippen LogP contribution in [0.5, 0.6) is 0 Å². The lowest BCUT2D eigenvalue weighted by atomic mass is 10.2. The first-order valence-electron chi connectivity index (χ1n) is 3.10. The summed E-state index contributed by atoms with van der Waals surface area (Å²) >= 11 is 0. The Morgan fingerprint density at radius 3 is 2.29 bits per heavy atom. The van der Waals surface area contributed by atoms with Crippen LogP contribution in [0.1, 0.15) is 33.1 Å². The summed E-state index contributed by atoms with van der Waals surface area (Å²) in [4.78, 5) is 0. The van der Waals surface area contributed by atoms with Crippen molar-refractivity contribution in [2.24, 2.45) is 0 Å². The Morgan fingerprint density at radius 1 is 1.57 bits per heavy atom. The van der Waals surface area contributed by atoms with E-state index in [2.05, 4.69) is 19.6 Å². The van der Waals surface area contributed by atoms with E-state index >= 15 is 0 Å². The standard InChI is InChI=1S/C6H15N/c1-3-4-5-6(2)7/h6H,3-5,7H2,1-2H3/p+1/t6-/m0/s1. The lowest BCUT2D eigenvalue weighted by Crippen LogP contribution is -2.58. The maximum Gasteiger partial charge on any atom is 0.0815 e. The van der Waals surface area contributed by atoms with Gasteiger partial charge in [0.1, 0.15) is 0 Å². The summed E-state index contributed by atoms with van der Waals surface area (Å²) in [7, 11) is 0. The van der Waals surface area contributed by atoms with Crippen LogP contribution in [-0.2, 0) is 0 Å². The molecule has 0 fully saturated rings. The minimum atomic E-state index is 0.653. The van der Waals surface area contributed by atoms with Gasteiger partial charge in [0.2, 0.25) is 0 Å². The van der Waals surface area contributed by atoms with Crippen LogP contribution in [0.3, 0.4) is 0 Å². The molecule has 0 saturated carbocycles. The second kappa shape index (κ2) is 4.13. The zero-order valence-corrected chi connectivity index (χ0v) is 5.41. The molecule has 0 spiro atoms. The van der Waals surface area contributed by atoms with Crippen molar-refractivity contribution in [3.05, 3.63) is 0 Å². The first kappa shape index (κ1) is 6.96. The highest BCUT2D eigenvalue weighted by Gasteiger charge is 1.92. The van der Waals surface area contributed by atoms with E-state index in [1.165, 1.54) is 19.3 Å². The first-order valence-corrected chi connectivity index (χ1v) is 3.10. The van der Waals surface area contributed by atoms with Gasteiger partial charge in [-0.15, -0.1) is 0 Å². The van der Waals surface area contributed by atoms with Gasteiger partial charge in [0, 0.05) is 0 Å². The fraction of sp³-hybridized carbons (Fsp3) is 1.00. The largest absolute Gasteiger partial charge is 0.355 e. The van der Waals surface area contributed by atoms with Crippen molar-refractivity contribution < 1.29 is 5.73 Å². The normalized spacial score (nSPS) is 14.1. The molecule has 0 heterocycles. The van der Waals surface area contributed by atoms with Crippen molar-refractivity contribution in [1.82, 2.24) is 0 Å². The van der Waals surface area contributed by atoms with E-state index in [9.17, 15) is 0 Å². The molecule has 7 heavy (non-hydrogen) atoms. The zero-order chi connectivity index (χ0) is 5.70. The van der Waals surface area contributed by atoms with Crippen LogP contribution in [0.15, 0.2) is 0 Å². The van der Waals surface area contributed by atoms with Crippen molar-refractivity contribution in [1.29, 1.82) is 0 Å². The van der Waals surface area contributed by atoms with Crippen LogP contribution in [0.4, 0.5) is 0 Å². The molecule has 0 amide bonds. The molecule has 0 aromatic heterocycles. The van der Waals surface area contributed by atoms with Crippen molar-refractivity contribution in [3.63, 3.8) is 0 Å². The summed E-state index contributed by atoms with van der Waals surface area (Å²) in [5, 5.41) is 0. The molecule has 0 aromatic rings. The lowest BCUT2D eigenvalue weighted by Gasteiger charge is -1.96. The third-order valence-corrected chi connectivity index (χ3v) is 1.05. The Hall–Kier alpha value is -0.0400. The third-order valence-electron chi connectivity index (χ3n) is 1.05. The molecule has 1 heteroatoms. The fourth-order valence-electron chi connectivity index (χ4n) is 0.553. The predicted molar refractivity (Wildman–Crippen MR) is 31.9 cm³/mol. The Bertz CT molecular complexity index is 33.2. The highest BCUT2D eigenvalue weighted by Crippen LogP contribution is 1.93. The van der Waals surface area contributed by atoms with Crippen molar-refractivity contribution in [2.75, 3.05) is 0 Å². The van der Waals surface area contributed by atoms with E-state index in [1.54, 1.807) is 0 Å². The van der Waals surface area contributed by atoms with Crippen LogP contribution in [0.25, 0.3) is 0 Å². The maximum atomic E-state index is 3.88. The molecule has 0 rings (SSSR count). The zero-order valence-electron chi connectivity index (χ0n) is 5.41. The van der Waals surface area contributed by atoms with Gasteiger partial charge in [-0.1, -0.05) is 13.3 Å². The predicted octanol–water partition coefficient (Wildman–Crippen LogP) is 0.807. The van der Waals surface area contributed by atoms with Crippen molar-refractivity contribution in [3.8, 4) is 0 Å². The number of quaternary nitrogens is 1. The van der Waals surface area contributed by atoms with Crippen molar-refractivity contribution in [2.45, 2.75) is 39.2 Å². The van der Waals surface area contributed by atoms with E-state index in [-0.39, 0.29) is 0 Å². The van der Waals surface area contributed by atoms with Gasteiger partial charge in [0.25, 0.3) is 0 Å². The van der Waals surface area contributed by atoms with Crippen molar-refractivity contribution >= 4 is 0 Å². The topological polar surface area (TPSA) is 27.6 Å². The summed E-state index contributed by atoms with van der Waals surface area (Å²) in [6, 6.07) is 0.653. The van der Waals surface area contributed by atoms with Gasteiger partial charge >= 0.3 is 0 Å². The van der Waals surface area contributed by atoms with Crippen LogP contribution in [0, 0.1) is 0 Å². The Balaban J connectivity index is 2.68. The molecule has 0 unspecified atom stereocenters. The molecule has 0 aliphatic heterocycles. The number of hydrogen-bond donors (Lipinski definition) is 1. The fourth-order valence-corrected chi connectivity index (χ4v) is 0.553. The van der Waals surface area contributed by atoms with E-state index in [4.69, 9.17) is 0 Å². The quantitative estimate of drug-likeness (QED) is 0.546. The van der Waals surface area contributed by atoms with Crippen LogP contribution >= 0.6 is 0 Å². The Morgan fingerprint density at radius 2 is 2.14 bits per heavy atom. The number of unbranched alkanes of at least 4 members (excludes halogenated alkanes) is 1. The molecular weight excluding hydrogens is 86.1 g/mol. The average Bonchev–Trinajstić information content (AvgIpc) is 1.61. The summed E-state index contributed by atoms with van der Waals surface area (Å²) in [5.41, 5.74) is 3.88. The molecule has 0 aliphatic carbocycles. The van der Waals surface area contributed by atoms with Gasteiger partial charge in [-0.05, 0) is 19.8 Å². The van der Waals surface area contributed by atoms with Crippen LogP contribution in [0.2, 0.25) is 0 Å². The lowest BCUT2D eigenvalue weighted by molar-refractivity contribution is -0.415. The second-order valence-electron chi connectivity index (χ2n) is 2.25. The minimum absolute atomic E-state index is 0.653. The first-order chi connectivity index (χ1) is 3.27. The minimum Gasteiger partial charge on any atom is -0.355 e. The van der Waals surface area contributed by atoms with Gasteiger partial charge in [-0.3, -0.25) is 0 Å². The van der Waals surface area contributed by atoms with E-state index < -0.39 is 0 Å². The van der Waals surface area contributed by atoms with Gasteiger partial charge in [-0.2, -0.15) is 0 Å². The summed E-state index contributed by atoms with van der Waals surface area (Å²) in [6.45, 7) is 4.37. The second-order valence-corrected chi connectivity index (χ2v) is 2.25. The number of rotatable bonds is 3. The van der Waals surface area contributed by atoms with Crippen LogP contribution < -0.4 is 5.73 Å². The molecule has 0 saturated heterocycles. The monoisotopic (exact) mass is 102 g/mol. The number of hydrogen-bond acceptors (Lipinski definition) is 0. The molecule has 0 radical (unpaired) electrons. The van der Waals surface area contributed by atoms with Gasteiger partial charge < -0.3 is 5.73 Å². The molecule has 0 aromatic carbocycles. The molecule has 1 atom stereocenters. The smallest absolute Gasteiger partial charge is 0.0815 e. The molecule has 0 aliphatic rings. The third kappa shape index (κ3) is 5.96. The van der Waals surface area contributed by atoms with E-state index in [0.717, 1.165) is 0 Å². The molecule has 3 N–H and O–H groups in total. The van der Waals surface area contributed by atoms with E-state index in [0.29, 0.717) is 6.04 Å². The average molecular weight is 102 g/mol. The molecule has 44 valence electrons. The summed E-state index contributed by atoms with van der Waals surface area (Å²) in [6.07, 6.45) is 3.93. The van der Waals surface area contributed by atoms with E-state index in [1.807, 2.05) is 0 Å². The Kier molecular flexibility index (Phi) is 4.10. The summed E-state index contributed by atoms with van der Waals surface area (Å²) < 4.78 is 0. The van der Waals surface area contributed by atoms with Crippen LogP contribution in [-0.4, -0.2) is 6.04 Å². The van der Waals surface area contributed by atoms with Gasteiger partial charge in [-0.25, -0.2) is 0 Å². The SMILES string of the molecule is CCCC[C@H](C)[NH3+]. The Labute approximate surface area is 45.9 Å².